The average Bonchev–Trinajstić information content (AvgIpc) is 3.36. The Morgan fingerprint density at radius 1 is 0.279 bits per heavy atom. The highest BCUT2D eigenvalue weighted by atomic mass is 15.3. The van der Waals surface area contributed by atoms with Crippen LogP contribution >= 0.6 is 0 Å². The number of hydrogen-bond donors (Lipinski definition) is 0. The van der Waals surface area contributed by atoms with Gasteiger partial charge in [0.25, 0.3) is 0 Å². The van der Waals surface area contributed by atoms with Crippen molar-refractivity contribution in [1.82, 2.24) is 19.9 Å². The van der Waals surface area contributed by atoms with Gasteiger partial charge in [0.2, 0.25) is 0 Å². The number of aromatic nitrogens is 4. The van der Waals surface area contributed by atoms with Crippen molar-refractivity contribution in [3.05, 3.63) is 240 Å². The molecule has 0 aliphatic heterocycles. The maximum atomic E-state index is 5.43. The lowest BCUT2D eigenvalue weighted by Gasteiger charge is -2.32. The van der Waals surface area contributed by atoms with Gasteiger partial charge in [-0.25, -0.2) is 19.9 Å². The molecule has 10 rings (SSSR count). The molecule has 68 heavy (non-hydrogen) atoms. The summed E-state index contributed by atoms with van der Waals surface area (Å²) in [4.78, 5) is 25.9. The molecule has 0 aliphatic carbocycles. The lowest BCUT2D eigenvalue weighted by Crippen LogP contribution is -2.17. The van der Waals surface area contributed by atoms with E-state index in [-0.39, 0.29) is 0 Å². The van der Waals surface area contributed by atoms with Crippen LogP contribution in [0.1, 0.15) is 33.4 Å². The molecule has 0 saturated heterocycles. The zero-order valence-corrected chi connectivity index (χ0v) is 39.3. The fourth-order valence-corrected chi connectivity index (χ4v) is 9.48. The van der Waals surface area contributed by atoms with E-state index in [1.54, 1.807) is 0 Å². The normalized spacial score (nSPS) is 11.1. The van der Waals surface area contributed by atoms with Gasteiger partial charge >= 0.3 is 0 Å². The van der Waals surface area contributed by atoms with Crippen LogP contribution in [0.4, 0.5) is 34.4 Å². The summed E-state index contributed by atoms with van der Waals surface area (Å²) in [7, 11) is 0. The average molecular weight is 881 g/mol. The molecular formula is C62H52N6. The van der Waals surface area contributed by atoms with Crippen LogP contribution in [0.2, 0.25) is 0 Å². The van der Waals surface area contributed by atoms with Crippen molar-refractivity contribution in [2.75, 3.05) is 9.80 Å². The van der Waals surface area contributed by atoms with E-state index in [1.165, 1.54) is 44.8 Å². The first-order chi connectivity index (χ1) is 33.2. The molecule has 0 spiro atoms. The Morgan fingerprint density at radius 2 is 0.632 bits per heavy atom. The van der Waals surface area contributed by atoms with Crippen molar-refractivity contribution in [3.63, 3.8) is 0 Å². The smallest absolute Gasteiger partial charge is 0.162 e. The lowest BCUT2D eigenvalue weighted by atomic mass is 9.98. The number of anilines is 6. The second kappa shape index (κ2) is 18.8. The standard InChI is InChI=1S/C62H52N6/c1-41-34-43(3)59(44(4)35-41)68(60-45(5)36-42(2)37-46(60)6)54-32-30-53(31-33-54)67(57-39-55(48-22-13-8-14-23-48)63-61(65-57)49-24-15-9-16-25-49)58-40-56(64-62(66-58)50-26-17-10-18-27-50)52-29-19-28-51(38-52)47-20-11-7-12-21-47/h7-40H,1-6H3. The van der Waals surface area contributed by atoms with Crippen LogP contribution in [0.3, 0.4) is 0 Å². The molecule has 0 N–H and O–H groups in total. The molecule has 0 unspecified atom stereocenters. The predicted molar refractivity (Wildman–Crippen MR) is 283 cm³/mol. The molecule has 0 amide bonds. The molecule has 2 heterocycles. The van der Waals surface area contributed by atoms with Gasteiger partial charge in [0, 0.05) is 45.8 Å². The summed E-state index contributed by atoms with van der Waals surface area (Å²) >= 11 is 0. The second-order valence-electron chi connectivity index (χ2n) is 17.6. The Morgan fingerprint density at radius 3 is 1.07 bits per heavy atom. The van der Waals surface area contributed by atoms with Crippen LogP contribution in [-0.4, -0.2) is 19.9 Å². The quantitative estimate of drug-likeness (QED) is 0.129. The van der Waals surface area contributed by atoms with Gasteiger partial charge in [0.05, 0.1) is 22.8 Å². The van der Waals surface area contributed by atoms with Gasteiger partial charge in [0.15, 0.2) is 11.6 Å². The minimum atomic E-state index is 0.604. The van der Waals surface area contributed by atoms with Gasteiger partial charge < -0.3 is 4.90 Å². The SMILES string of the molecule is Cc1cc(C)c(N(c2ccc(N(c3cc(-c4ccccc4)nc(-c4ccccc4)n3)c3cc(-c4cccc(-c5ccccc5)c4)nc(-c4ccccc4)n3)cc2)c2c(C)cc(C)cc2C)c(C)c1. The van der Waals surface area contributed by atoms with E-state index in [1.807, 2.05) is 60.7 Å². The van der Waals surface area contributed by atoms with Crippen molar-refractivity contribution < 1.29 is 0 Å². The third-order valence-electron chi connectivity index (χ3n) is 12.4. The molecule has 0 aliphatic rings. The maximum Gasteiger partial charge on any atom is 0.162 e. The minimum absolute atomic E-state index is 0.604. The fourth-order valence-electron chi connectivity index (χ4n) is 9.48. The molecule has 2 aromatic heterocycles. The summed E-state index contributed by atoms with van der Waals surface area (Å²) in [5.74, 6) is 2.54. The maximum absolute atomic E-state index is 5.43. The monoisotopic (exact) mass is 880 g/mol. The molecule has 0 radical (unpaired) electrons. The van der Waals surface area contributed by atoms with Crippen LogP contribution in [0.15, 0.2) is 206 Å². The summed E-state index contributed by atoms with van der Waals surface area (Å²) in [5, 5.41) is 0. The van der Waals surface area contributed by atoms with Crippen molar-refractivity contribution in [1.29, 1.82) is 0 Å². The highest BCUT2D eigenvalue weighted by Gasteiger charge is 2.25. The first-order valence-corrected chi connectivity index (χ1v) is 23.1. The number of nitrogens with zero attached hydrogens (tertiary/aromatic N) is 6. The first kappa shape index (κ1) is 43.4. The molecule has 0 fully saturated rings. The van der Waals surface area contributed by atoms with Gasteiger partial charge in [-0.2, -0.15) is 0 Å². The summed E-state index contributed by atoms with van der Waals surface area (Å²) in [5.41, 5.74) is 19.2. The topological polar surface area (TPSA) is 58.0 Å². The highest BCUT2D eigenvalue weighted by molar-refractivity contribution is 5.86. The van der Waals surface area contributed by atoms with Crippen LogP contribution < -0.4 is 9.80 Å². The van der Waals surface area contributed by atoms with Crippen LogP contribution in [0, 0.1) is 41.5 Å². The van der Waals surface area contributed by atoms with Gasteiger partial charge in [-0.1, -0.05) is 175 Å². The molecule has 6 nitrogen and oxygen atoms in total. The van der Waals surface area contributed by atoms with Crippen LogP contribution in [0.5, 0.6) is 0 Å². The Balaban J connectivity index is 1.22. The molecule has 330 valence electrons. The first-order valence-electron chi connectivity index (χ1n) is 23.1. The van der Waals surface area contributed by atoms with E-state index < -0.39 is 0 Å². The van der Waals surface area contributed by atoms with E-state index in [2.05, 4.69) is 197 Å². The molecule has 0 atom stereocenters. The lowest BCUT2D eigenvalue weighted by molar-refractivity contribution is 1.07. The van der Waals surface area contributed by atoms with Crippen molar-refractivity contribution in [2.45, 2.75) is 41.5 Å². The van der Waals surface area contributed by atoms with Gasteiger partial charge in [-0.3, -0.25) is 4.90 Å². The summed E-state index contributed by atoms with van der Waals surface area (Å²) in [6, 6.07) is 71.8. The van der Waals surface area contributed by atoms with E-state index in [4.69, 9.17) is 19.9 Å². The molecule has 0 saturated carbocycles. The largest absolute Gasteiger partial charge is 0.309 e. The number of aryl methyl sites for hydroxylation is 6. The number of rotatable bonds is 11. The Kier molecular flexibility index (Phi) is 12.0. The van der Waals surface area contributed by atoms with Gasteiger partial charge in [-0.05, 0) is 105 Å². The summed E-state index contributed by atoms with van der Waals surface area (Å²) in [6.45, 7) is 13.2. The Hall–Kier alpha value is -8.48. The Labute approximate surface area is 400 Å². The van der Waals surface area contributed by atoms with E-state index in [0.717, 1.165) is 56.1 Å². The van der Waals surface area contributed by atoms with E-state index >= 15 is 0 Å². The zero-order valence-electron chi connectivity index (χ0n) is 39.3. The van der Waals surface area contributed by atoms with Crippen LogP contribution in [-0.2, 0) is 0 Å². The minimum Gasteiger partial charge on any atom is -0.309 e. The molecule has 6 heteroatoms. The van der Waals surface area contributed by atoms with Crippen molar-refractivity contribution in [3.8, 4) is 56.4 Å². The zero-order chi connectivity index (χ0) is 46.7. The fraction of sp³-hybridized carbons (Fsp3) is 0.0968. The van der Waals surface area contributed by atoms with Crippen molar-refractivity contribution >= 4 is 34.4 Å². The summed E-state index contributed by atoms with van der Waals surface area (Å²) in [6.07, 6.45) is 0. The highest BCUT2D eigenvalue weighted by Crippen LogP contribution is 2.45. The van der Waals surface area contributed by atoms with Gasteiger partial charge in [-0.15, -0.1) is 0 Å². The van der Waals surface area contributed by atoms with Gasteiger partial charge in [0.1, 0.15) is 11.6 Å². The Bertz CT molecular complexity index is 3230. The van der Waals surface area contributed by atoms with Crippen molar-refractivity contribution in [2.24, 2.45) is 0 Å². The number of hydrogen-bond acceptors (Lipinski definition) is 6. The molecule has 0 bridgehead atoms. The third-order valence-corrected chi connectivity index (χ3v) is 12.4. The second-order valence-corrected chi connectivity index (χ2v) is 17.6. The predicted octanol–water partition coefficient (Wildman–Crippen LogP) is 16.4. The third kappa shape index (κ3) is 8.92. The van der Waals surface area contributed by atoms with E-state index in [0.29, 0.717) is 23.3 Å². The van der Waals surface area contributed by atoms with Crippen LogP contribution in [0.25, 0.3) is 56.4 Å². The molecule has 8 aromatic carbocycles. The molecular weight excluding hydrogens is 829 g/mol. The van der Waals surface area contributed by atoms with E-state index in [9.17, 15) is 0 Å². The summed E-state index contributed by atoms with van der Waals surface area (Å²) < 4.78 is 0. The molecule has 10 aromatic rings. The number of benzene rings is 8.